The first-order valence-electron chi connectivity index (χ1n) is 3.86. The molecule has 0 heterocycles. The van der Waals surface area contributed by atoms with Gasteiger partial charge in [0.1, 0.15) is 0 Å². The van der Waals surface area contributed by atoms with Crippen LogP contribution >= 0.6 is 22.6 Å². The Hall–Kier alpha value is -0.790. The summed E-state index contributed by atoms with van der Waals surface area (Å²) in [5.41, 5.74) is -0.252. The van der Waals surface area contributed by atoms with Crippen molar-refractivity contribution in [1.29, 1.82) is 0 Å². The fraction of sp³-hybridized carbons (Fsp3) is 0.222. The minimum atomic E-state index is -3.11. The Kier molecular flexibility index (Phi) is 3.95. The number of ether oxygens (including phenoxy) is 1. The maximum Gasteiger partial charge on any atom is 0.387 e. The maximum absolute atomic E-state index is 13.4. The number of ketones is 1. The number of Topliss-reactive ketones (excluding diaryl/α,β-unsaturated/α-hetero) is 1. The van der Waals surface area contributed by atoms with Gasteiger partial charge in [-0.1, -0.05) is 0 Å². The van der Waals surface area contributed by atoms with Crippen molar-refractivity contribution in [1.82, 2.24) is 0 Å². The zero-order chi connectivity index (χ0) is 11.6. The molecule has 0 aromatic heterocycles. The molecule has 82 valence electrons. The van der Waals surface area contributed by atoms with Crippen LogP contribution in [0.5, 0.6) is 5.75 Å². The maximum atomic E-state index is 13.4. The van der Waals surface area contributed by atoms with Crippen LogP contribution in [0.25, 0.3) is 0 Å². The van der Waals surface area contributed by atoms with E-state index in [1.54, 1.807) is 22.6 Å². The van der Waals surface area contributed by atoms with Crippen LogP contribution in [-0.4, -0.2) is 12.4 Å². The molecule has 1 aromatic carbocycles. The summed E-state index contributed by atoms with van der Waals surface area (Å²) in [5.74, 6) is -2.20. The van der Waals surface area contributed by atoms with Gasteiger partial charge in [-0.15, -0.1) is 0 Å². The lowest BCUT2D eigenvalue weighted by Crippen LogP contribution is -2.07. The highest BCUT2D eigenvalue weighted by Gasteiger charge is 2.17. The van der Waals surface area contributed by atoms with E-state index in [1.807, 2.05) is 0 Å². The van der Waals surface area contributed by atoms with E-state index < -0.39 is 24.0 Å². The molecule has 2 nitrogen and oxygen atoms in total. The number of hydrogen-bond donors (Lipinski definition) is 0. The third kappa shape index (κ3) is 3.08. The molecule has 1 aromatic rings. The lowest BCUT2D eigenvalue weighted by molar-refractivity contribution is -0.0523. The SMILES string of the molecule is CC(=O)c1cc(I)cc(OC(F)F)c1F. The Morgan fingerprint density at radius 3 is 2.53 bits per heavy atom. The van der Waals surface area contributed by atoms with Crippen LogP contribution in [0, 0.1) is 9.39 Å². The van der Waals surface area contributed by atoms with Crippen molar-refractivity contribution < 1.29 is 22.7 Å². The average molecular weight is 330 g/mol. The third-order valence-corrected chi connectivity index (χ3v) is 2.22. The van der Waals surface area contributed by atoms with Crippen LogP contribution in [-0.2, 0) is 0 Å². The molecule has 0 atom stereocenters. The summed E-state index contributed by atoms with van der Waals surface area (Å²) in [6.07, 6.45) is 0. The second kappa shape index (κ2) is 4.82. The molecule has 6 heteroatoms. The lowest BCUT2D eigenvalue weighted by Gasteiger charge is -2.08. The second-order valence-electron chi connectivity index (χ2n) is 2.70. The number of carbonyl (C=O) groups is 1. The highest BCUT2D eigenvalue weighted by molar-refractivity contribution is 14.1. The number of alkyl halides is 2. The van der Waals surface area contributed by atoms with Gasteiger partial charge in [0.05, 0.1) is 5.56 Å². The Bertz CT molecular complexity index is 393. The quantitative estimate of drug-likeness (QED) is 0.628. The van der Waals surface area contributed by atoms with Crippen LogP contribution in [0.15, 0.2) is 12.1 Å². The summed E-state index contributed by atoms with van der Waals surface area (Å²) in [4.78, 5) is 11.0. The fourth-order valence-corrected chi connectivity index (χ4v) is 1.60. The van der Waals surface area contributed by atoms with Gasteiger partial charge in [-0.3, -0.25) is 4.79 Å². The Labute approximate surface area is 97.6 Å². The van der Waals surface area contributed by atoms with Crippen molar-refractivity contribution in [3.63, 3.8) is 0 Å². The normalized spacial score (nSPS) is 10.5. The molecule has 0 spiro atoms. The van der Waals surface area contributed by atoms with Gasteiger partial charge in [0.25, 0.3) is 0 Å². The van der Waals surface area contributed by atoms with Crippen LogP contribution in [0.2, 0.25) is 0 Å². The van der Waals surface area contributed by atoms with E-state index in [0.717, 1.165) is 13.0 Å². The summed E-state index contributed by atoms with van der Waals surface area (Å²) in [6.45, 7) is -1.96. The van der Waals surface area contributed by atoms with Crippen molar-refractivity contribution in [3.8, 4) is 5.75 Å². The fourth-order valence-electron chi connectivity index (χ4n) is 1.00. The molecular weight excluding hydrogens is 324 g/mol. The molecule has 15 heavy (non-hydrogen) atoms. The molecule has 1 rings (SSSR count). The zero-order valence-corrected chi connectivity index (χ0v) is 9.72. The van der Waals surface area contributed by atoms with E-state index in [-0.39, 0.29) is 5.56 Å². The summed E-state index contributed by atoms with van der Waals surface area (Å²) in [7, 11) is 0. The highest BCUT2D eigenvalue weighted by atomic mass is 127. The minimum absolute atomic E-state index is 0.252. The van der Waals surface area contributed by atoms with E-state index in [2.05, 4.69) is 4.74 Å². The van der Waals surface area contributed by atoms with Gasteiger partial charge in [-0.05, 0) is 41.6 Å². The van der Waals surface area contributed by atoms with Gasteiger partial charge in [-0.25, -0.2) is 4.39 Å². The van der Waals surface area contributed by atoms with Crippen LogP contribution < -0.4 is 4.74 Å². The molecule has 0 aliphatic heterocycles. The highest BCUT2D eigenvalue weighted by Crippen LogP contribution is 2.25. The molecular formula is C9H6F3IO2. The molecule has 0 unspecified atom stereocenters. The number of rotatable bonds is 3. The topological polar surface area (TPSA) is 26.3 Å². The van der Waals surface area contributed by atoms with Crippen molar-refractivity contribution in [2.45, 2.75) is 13.5 Å². The molecule has 0 N–H and O–H groups in total. The average Bonchev–Trinajstić information content (AvgIpc) is 2.09. The van der Waals surface area contributed by atoms with Crippen molar-refractivity contribution in [2.75, 3.05) is 0 Å². The summed E-state index contributed by atoms with van der Waals surface area (Å²) >= 11 is 1.78. The van der Waals surface area contributed by atoms with Gasteiger partial charge >= 0.3 is 6.61 Å². The van der Waals surface area contributed by atoms with Crippen molar-refractivity contribution in [2.24, 2.45) is 0 Å². The molecule has 0 amide bonds. The summed E-state index contributed by atoms with van der Waals surface area (Å²) < 4.78 is 41.6. The molecule has 0 bridgehead atoms. The first kappa shape index (κ1) is 12.3. The predicted molar refractivity (Wildman–Crippen MR) is 55.8 cm³/mol. The Morgan fingerprint density at radius 2 is 2.07 bits per heavy atom. The number of benzene rings is 1. The minimum Gasteiger partial charge on any atom is -0.432 e. The van der Waals surface area contributed by atoms with E-state index in [4.69, 9.17) is 0 Å². The first-order chi connectivity index (χ1) is 6.91. The van der Waals surface area contributed by atoms with Gasteiger partial charge in [0, 0.05) is 3.57 Å². The molecule has 0 saturated heterocycles. The first-order valence-corrected chi connectivity index (χ1v) is 4.94. The number of hydrogen-bond acceptors (Lipinski definition) is 2. The van der Waals surface area contributed by atoms with Crippen LogP contribution in [0.3, 0.4) is 0 Å². The predicted octanol–water partition coefficient (Wildman–Crippen LogP) is 3.23. The van der Waals surface area contributed by atoms with Gasteiger partial charge in [0.2, 0.25) is 0 Å². The number of carbonyl (C=O) groups excluding carboxylic acids is 1. The van der Waals surface area contributed by atoms with Crippen molar-refractivity contribution in [3.05, 3.63) is 27.1 Å². The van der Waals surface area contributed by atoms with Gasteiger partial charge < -0.3 is 4.74 Å². The number of halogens is 4. The summed E-state index contributed by atoms with van der Waals surface area (Å²) in [5, 5.41) is 0. The molecule has 0 radical (unpaired) electrons. The molecule has 0 fully saturated rings. The third-order valence-electron chi connectivity index (χ3n) is 1.60. The molecule has 0 saturated carbocycles. The van der Waals surface area contributed by atoms with Crippen molar-refractivity contribution >= 4 is 28.4 Å². The van der Waals surface area contributed by atoms with E-state index in [0.29, 0.717) is 3.57 Å². The standard InChI is InChI=1S/C9H6F3IO2/c1-4(14)6-2-5(13)3-7(8(6)10)15-9(11)12/h2-3,9H,1H3. The van der Waals surface area contributed by atoms with Gasteiger partial charge in [0.15, 0.2) is 17.3 Å². The van der Waals surface area contributed by atoms with Gasteiger partial charge in [-0.2, -0.15) is 8.78 Å². The smallest absolute Gasteiger partial charge is 0.387 e. The van der Waals surface area contributed by atoms with Crippen LogP contribution in [0.4, 0.5) is 13.2 Å². The van der Waals surface area contributed by atoms with Crippen LogP contribution in [0.1, 0.15) is 17.3 Å². The molecule has 0 aliphatic rings. The zero-order valence-electron chi connectivity index (χ0n) is 7.56. The Balaban J connectivity index is 3.22. The summed E-state index contributed by atoms with van der Waals surface area (Å²) in [6, 6.07) is 2.38. The van der Waals surface area contributed by atoms with E-state index in [9.17, 15) is 18.0 Å². The molecule has 0 aliphatic carbocycles. The largest absolute Gasteiger partial charge is 0.432 e. The monoisotopic (exact) mass is 330 g/mol. The lowest BCUT2D eigenvalue weighted by atomic mass is 10.1. The van der Waals surface area contributed by atoms with E-state index in [1.165, 1.54) is 6.07 Å². The second-order valence-corrected chi connectivity index (χ2v) is 3.95. The Morgan fingerprint density at radius 1 is 1.47 bits per heavy atom. The van der Waals surface area contributed by atoms with E-state index >= 15 is 0 Å².